The highest BCUT2D eigenvalue weighted by Crippen LogP contribution is 2.31. The summed E-state index contributed by atoms with van der Waals surface area (Å²) in [6, 6.07) is 13.2. The molecule has 2 aromatic carbocycles. The molecule has 0 spiro atoms. The number of hydrogen-bond donors (Lipinski definition) is 2. The second kappa shape index (κ2) is 9.23. The van der Waals surface area contributed by atoms with E-state index in [0.29, 0.717) is 12.2 Å². The Balaban J connectivity index is 1.29. The van der Waals surface area contributed by atoms with Gasteiger partial charge in [0.1, 0.15) is 17.9 Å². The van der Waals surface area contributed by atoms with E-state index in [1.165, 1.54) is 18.5 Å². The number of hydrogen-bond acceptors (Lipinski definition) is 6. The van der Waals surface area contributed by atoms with Gasteiger partial charge in [-0.05, 0) is 53.8 Å². The second-order valence-corrected chi connectivity index (χ2v) is 7.69. The Bertz CT molecular complexity index is 1230. The third-order valence-electron chi connectivity index (χ3n) is 4.52. The number of carbonyl (C=O) groups excluding carboxylic acids is 1. The van der Waals surface area contributed by atoms with Gasteiger partial charge in [0.05, 0.1) is 15.8 Å². The highest BCUT2D eigenvalue weighted by atomic mass is 32.1. The van der Waals surface area contributed by atoms with Gasteiger partial charge in [-0.25, -0.2) is 14.8 Å². The van der Waals surface area contributed by atoms with Crippen molar-refractivity contribution in [2.45, 2.75) is 12.6 Å². The molecule has 0 aliphatic rings. The van der Waals surface area contributed by atoms with Crippen molar-refractivity contribution in [2.75, 3.05) is 17.2 Å². The van der Waals surface area contributed by atoms with E-state index in [1.54, 1.807) is 23.5 Å². The highest BCUT2D eigenvalue weighted by molar-refractivity contribution is 7.17. The number of alkyl halides is 3. The predicted molar refractivity (Wildman–Crippen MR) is 117 cm³/mol. The minimum Gasteiger partial charge on any atom is -0.410 e. The largest absolute Gasteiger partial charge is 0.417 e. The van der Waals surface area contributed by atoms with Gasteiger partial charge >= 0.3 is 12.3 Å². The van der Waals surface area contributed by atoms with Crippen LogP contribution in [0.25, 0.3) is 10.2 Å². The lowest BCUT2D eigenvalue weighted by molar-refractivity contribution is -0.137. The number of amides is 1. The molecule has 0 unspecified atom stereocenters. The van der Waals surface area contributed by atoms with Crippen molar-refractivity contribution < 1.29 is 22.7 Å². The van der Waals surface area contributed by atoms with Gasteiger partial charge in [0.15, 0.2) is 0 Å². The number of nitrogens with one attached hydrogen (secondary N) is 2. The molecule has 0 bridgehead atoms. The minimum absolute atomic E-state index is 0.190. The van der Waals surface area contributed by atoms with Crippen LogP contribution >= 0.6 is 11.3 Å². The third-order valence-corrected chi connectivity index (χ3v) is 5.43. The van der Waals surface area contributed by atoms with E-state index in [4.69, 9.17) is 4.74 Å². The quantitative estimate of drug-likeness (QED) is 0.372. The fraction of sp³-hybridized carbons (Fsp3) is 0.136. The molecule has 0 atom stereocenters. The van der Waals surface area contributed by atoms with Gasteiger partial charge in [-0.15, -0.1) is 11.3 Å². The van der Waals surface area contributed by atoms with E-state index in [9.17, 15) is 18.0 Å². The summed E-state index contributed by atoms with van der Waals surface area (Å²) in [6.07, 6.45) is -3.13. The molecule has 2 heterocycles. The molecule has 32 heavy (non-hydrogen) atoms. The standard InChI is InChI=1S/C22H17F3N4O2S/c23-22(24,25)15-2-1-3-17(12-15)31-21(30)29-16-6-4-14(5-7-16)8-10-26-20-19-18(9-11-32-19)27-13-28-20/h1-7,9,11-13H,8,10H2,(H,29,30)(H,26,27,28). The summed E-state index contributed by atoms with van der Waals surface area (Å²) in [4.78, 5) is 20.5. The summed E-state index contributed by atoms with van der Waals surface area (Å²) < 4.78 is 44.2. The molecule has 4 aromatic rings. The molecule has 2 N–H and O–H groups in total. The fourth-order valence-electron chi connectivity index (χ4n) is 2.98. The first-order valence-electron chi connectivity index (χ1n) is 9.55. The normalized spacial score (nSPS) is 11.3. The highest BCUT2D eigenvalue weighted by Gasteiger charge is 2.30. The van der Waals surface area contributed by atoms with Crippen molar-refractivity contribution in [3.63, 3.8) is 0 Å². The van der Waals surface area contributed by atoms with Crippen LogP contribution in [-0.4, -0.2) is 22.6 Å². The molecule has 0 aliphatic carbocycles. The molecule has 6 nitrogen and oxygen atoms in total. The van der Waals surface area contributed by atoms with Crippen LogP contribution in [0.5, 0.6) is 5.75 Å². The summed E-state index contributed by atoms with van der Waals surface area (Å²) in [5, 5.41) is 7.77. The molecule has 0 saturated heterocycles. The monoisotopic (exact) mass is 458 g/mol. The van der Waals surface area contributed by atoms with Crippen LogP contribution in [-0.2, 0) is 12.6 Å². The van der Waals surface area contributed by atoms with Crippen molar-refractivity contribution in [1.82, 2.24) is 9.97 Å². The molecule has 2 aromatic heterocycles. The summed E-state index contributed by atoms with van der Waals surface area (Å²) in [6.45, 7) is 0.661. The van der Waals surface area contributed by atoms with E-state index in [-0.39, 0.29) is 5.75 Å². The molecular weight excluding hydrogens is 441 g/mol. The van der Waals surface area contributed by atoms with Crippen molar-refractivity contribution in [3.05, 3.63) is 77.4 Å². The van der Waals surface area contributed by atoms with Crippen LogP contribution in [0.4, 0.5) is 29.5 Å². The summed E-state index contributed by atoms with van der Waals surface area (Å²) in [5.41, 5.74) is 1.52. The average Bonchev–Trinajstić information content (AvgIpc) is 3.24. The Morgan fingerprint density at radius 3 is 2.66 bits per heavy atom. The number of anilines is 2. The minimum atomic E-state index is -4.51. The van der Waals surface area contributed by atoms with Gasteiger partial charge in [0.2, 0.25) is 0 Å². The molecule has 0 aliphatic heterocycles. The Kier molecular flexibility index (Phi) is 6.22. The van der Waals surface area contributed by atoms with Crippen LogP contribution in [0.1, 0.15) is 11.1 Å². The van der Waals surface area contributed by atoms with E-state index in [1.807, 2.05) is 23.6 Å². The first kappa shape index (κ1) is 21.6. The maximum atomic E-state index is 12.8. The lowest BCUT2D eigenvalue weighted by Crippen LogP contribution is -2.17. The smallest absolute Gasteiger partial charge is 0.410 e. The molecule has 4 rings (SSSR count). The number of carbonyl (C=O) groups is 1. The van der Waals surface area contributed by atoms with Crippen LogP contribution < -0.4 is 15.4 Å². The maximum Gasteiger partial charge on any atom is 0.417 e. The second-order valence-electron chi connectivity index (χ2n) is 6.77. The summed E-state index contributed by atoms with van der Waals surface area (Å²) in [7, 11) is 0. The van der Waals surface area contributed by atoms with Crippen LogP contribution in [0.2, 0.25) is 0 Å². The number of aromatic nitrogens is 2. The summed E-state index contributed by atoms with van der Waals surface area (Å²) >= 11 is 1.57. The van der Waals surface area contributed by atoms with Gasteiger partial charge < -0.3 is 10.1 Å². The zero-order valence-corrected chi connectivity index (χ0v) is 17.3. The molecule has 0 radical (unpaired) electrons. The maximum absolute atomic E-state index is 12.8. The average molecular weight is 458 g/mol. The van der Waals surface area contributed by atoms with Gasteiger partial charge in [-0.3, -0.25) is 5.32 Å². The number of fused-ring (bicyclic) bond motifs is 1. The van der Waals surface area contributed by atoms with E-state index < -0.39 is 17.8 Å². The lowest BCUT2D eigenvalue weighted by Gasteiger charge is -2.10. The molecule has 10 heteroatoms. The van der Waals surface area contributed by atoms with E-state index in [2.05, 4.69) is 20.6 Å². The number of nitrogens with zero attached hydrogens (tertiary/aromatic N) is 2. The van der Waals surface area contributed by atoms with Crippen LogP contribution in [0.15, 0.2) is 66.3 Å². The zero-order valence-electron chi connectivity index (χ0n) is 16.5. The van der Waals surface area contributed by atoms with Gasteiger partial charge in [0, 0.05) is 12.2 Å². The van der Waals surface area contributed by atoms with Gasteiger partial charge in [-0.2, -0.15) is 13.2 Å². The van der Waals surface area contributed by atoms with Crippen molar-refractivity contribution >= 4 is 39.2 Å². The predicted octanol–water partition coefficient (Wildman–Crippen LogP) is 5.98. The Morgan fingerprint density at radius 1 is 1.06 bits per heavy atom. The Labute approximate surface area is 185 Å². The molecular formula is C22H17F3N4O2S. The van der Waals surface area contributed by atoms with Gasteiger partial charge in [0.25, 0.3) is 0 Å². The molecule has 1 amide bonds. The molecule has 0 saturated carbocycles. The van der Waals surface area contributed by atoms with Crippen LogP contribution in [0.3, 0.4) is 0 Å². The Morgan fingerprint density at radius 2 is 1.88 bits per heavy atom. The van der Waals surface area contributed by atoms with E-state index >= 15 is 0 Å². The SMILES string of the molecule is O=C(Nc1ccc(CCNc2ncnc3ccsc23)cc1)Oc1cccc(C(F)(F)F)c1. The number of halogens is 3. The zero-order chi connectivity index (χ0) is 22.6. The molecule has 0 fully saturated rings. The topological polar surface area (TPSA) is 76.1 Å². The van der Waals surface area contributed by atoms with Crippen LogP contribution in [0, 0.1) is 0 Å². The lowest BCUT2D eigenvalue weighted by atomic mass is 10.1. The number of thiophene rings is 1. The van der Waals surface area contributed by atoms with Gasteiger partial charge in [-0.1, -0.05) is 18.2 Å². The number of rotatable bonds is 6. The molecule has 164 valence electrons. The Hall–Kier alpha value is -3.66. The fourth-order valence-corrected chi connectivity index (χ4v) is 3.79. The van der Waals surface area contributed by atoms with Crippen molar-refractivity contribution in [2.24, 2.45) is 0 Å². The first-order valence-corrected chi connectivity index (χ1v) is 10.4. The van der Waals surface area contributed by atoms with E-state index in [0.717, 1.165) is 40.2 Å². The summed E-state index contributed by atoms with van der Waals surface area (Å²) in [5.74, 6) is 0.602. The third kappa shape index (κ3) is 5.33. The van der Waals surface area contributed by atoms with Crippen molar-refractivity contribution in [1.29, 1.82) is 0 Å². The first-order chi connectivity index (χ1) is 15.4. The number of ether oxygens (including phenoxy) is 1. The van der Waals surface area contributed by atoms with Crippen molar-refractivity contribution in [3.8, 4) is 5.75 Å². The number of benzene rings is 2.